The highest BCUT2D eigenvalue weighted by atomic mass is 16.4. The summed E-state index contributed by atoms with van der Waals surface area (Å²) in [4.78, 5) is 20.0. The molecule has 0 unspecified atom stereocenters. The van der Waals surface area contributed by atoms with Gasteiger partial charge in [-0.15, -0.1) is 0 Å². The van der Waals surface area contributed by atoms with Crippen LogP contribution in [-0.2, 0) is 16.8 Å². The molecule has 0 spiro atoms. The van der Waals surface area contributed by atoms with Crippen molar-refractivity contribution >= 4 is 11.9 Å². The van der Waals surface area contributed by atoms with Crippen molar-refractivity contribution < 1.29 is 9.21 Å². The van der Waals surface area contributed by atoms with Crippen LogP contribution in [0.5, 0.6) is 0 Å². The van der Waals surface area contributed by atoms with Crippen LogP contribution < -0.4 is 16.0 Å². The standard InChI is InChI=1S/C17H29N5O2/c1-17(2,3)13-10-20-15(24-13)11-21-16(18-4)19-9-5-6-14(23)22-12-7-8-12/h10,12H,5-9,11H2,1-4H3,(H,22,23)(H2,18,19,21). The fraction of sp³-hybridized carbons (Fsp3) is 0.706. The number of rotatable bonds is 7. The molecule has 2 rings (SSSR count). The third-order valence-electron chi connectivity index (χ3n) is 3.74. The van der Waals surface area contributed by atoms with Gasteiger partial charge < -0.3 is 20.4 Å². The third kappa shape index (κ3) is 6.22. The average Bonchev–Trinajstić information content (AvgIpc) is 3.18. The summed E-state index contributed by atoms with van der Waals surface area (Å²) in [6.45, 7) is 7.42. The molecular formula is C17H29N5O2. The maximum absolute atomic E-state index is 11.6. The van der Waals surface area contributed by atoms with E-state index in [2.05, 4.69) is 46.7 Å². The number of amides is 1. The zero-order valence-electron chi connectivity index (χ0n) is 15.1. The molecule has 1 saturated carbocycles. The lowest BCUT2D eigenvalue weighted by Crippen LogP contribution is -2.37. The van der Waals surface area contributed by atoms with Crippen LogP contribution in [0, 0.1) is 0 Å². The van der Waals surface area contributed by atoms with Crippen molar-refractivity contribution in [2.75, 3.05) is 13.6 Å². The van der Waals surface area contributed by atoms with Gasteiger partial charge in [0.15, 0.2) is 5.96 Å². The van der Waals surface area contributed by atoms with E-state index >= 15 is 0 Å². The highest BCUT2D eigenvalue weighted by molar-refractivity contribution is 5.79. The van der Waals surface area contributed by atoms with Crippen molar-refractivity contribution in [3.63, 3.8) is 0 Å². The molecule has 0 aliphatic heterocycles. The zero-order chi connectivity index (χ0) is 17.6. The molecule has 7 nitrogen and oxygen atoms in total. The minimum absolute atomic E-state index is 0.0494. The molecule has 0 aromatic carbocycles. The molecule has 0 atom stereocenters. The van der Waals surface area contributed by atoms with Gasteiger partial charge in [-0.1, -0.05) is 20.8 Å². The lowest BCUT2D eigenvalue weighted by atomic mass is 9.94. The van der Waals surface area contributed by atoms with Gasteiger partial charge in [0.1, 0.15) is 5.76 Å². The number of aromatic nitrogens is 1. The van der Waals surface area contributed by atoms with Crippen molar-refractivity contribution in [3.8, 4) is 0 Å². The van der Waals surface area contributed by atoms with Crippen LogP contribution in [-0.4, -0.2) is 36.5 Å². The zero-order valence-corrected chi connectivity index (χ0v) is 15.1. The van der Waals surface area contributed by atoms with E-state index in [1.807, 2.05) is 0 Å². The minimum Gasteiger partial charge on any atom is -0.443 e. The molecule has 24 heavy (non-hydrogen) atoms. The van der Waals surface area contributed by atoms with E-state index in [4.69, 9.17) is 4.42 Å². The van der Waals surface area contributed by atoms with E-state index in [-0.39, 0.29) is 11.3 Å². The van der Waals surface area contributed by atoms with Gasteiger partial charge in [-0.2, -0.15) is 0 Å². The van der Waals surface area contributed by atoms with Crippen LogP contribution in [0.3, 0.4) is 0 Å². The fourth-order valence-corrected chi connectivity index (χ4v) is 2.10. The first-order chi connectivity index (χ1) is 11.4. The number of carbonyl (C=O) groups is 1. The van der Waals surface area contributed by atoms with E-state index < -0.39 is 0 Å². The number of oxazole rings is 1. The minimum atomic E-state index is -0.0494. The Labute approximate surface area is 143 Å². The Balaban J connectivity index is 1.64. The summed E-state index contributed by atoms with van der Waals surface area (Å²) in [5.41, 5.74) is -0.0494. The second kappa shape index (κ2) is 8.17. The molecule has 3 N–H and O–H groups in total. The molecule has 0 radical (unpaired) electrons. The monoisotopic (exact) mass is 335 g/mol. The smallest absolute Gasteiger partial charge is 0.220 e. The lowest BCUT2D eigenvalue weighted by Gasteiger charge is -2.13. The normalized spacial score (nSPS) is 15.2. The highest BCUT2D eigenvalue weighted by Crippen LogP contribution is 2.22. The Morgan fingerprint density at radius 1 is 1.38 bits per heavy atom. The largest absolute Gasteiger partial charge is 0.443 e. The molecule has 1 heterocycles. The third-order valence-corrected chi connectivity index (χ3v) is 3.74. The van der Waals surface area contributed by atoms with Crippen LogP contribution in [0.4, 0.5) is 0 Å². The van der Waals surface area contributed by atoms with Gasteiger partial charge in [0.25, 0.3) is 0 Å². The quantitative estimate of drug-likeness (QED) is 0.401. The van der Waals surface area contributed by atoms with Crippen LogP contribution >= 0.6 is 0 Å². The highest BCUT2D eigenvalue weighted by Gasteiger charge is 2.22. The molecule has 1 fully saturated rings. The van der Waals surface area contributed by atoms with E-state index in [0.29, 0.717) is 37.4 Å². The summed E-state index contributed by atoms with van der Waals surface area (Å²) >= 11 is 0. The maximum Gasteiger partial charge on any atom is 0.220 e. The van der Waals surface area contributed by atoms with Gasteiger partial charge in [-0.05, 0) is 19.3 Å². The first-order valence-electron chi connectivity index (χ1n) is 8.57. The van der Waals surface area contributed by atoms with Gasteiger partial charge in [0.05, 0.1) is 12.7 Å². The van der Waals surface area contributed by atoms with Gasteiger partial charge in [-0.3, -0.25) is 9.79 Å². The second-order valence-corrected chi connectivity index (χ2v) is 7.17. The van der Waals surface area contributed by atoms with Crippen LogP contribution in [0.15, 0.2) is 15.6 Å². The number of carbonyl (C=O) groups excluding carboxylic acids is 1. The van der Waals surface area contributed by atoms with Crippen molar-refractivity contribution in [2.45, 2.75) is 64.5 Å². The molecule has 1 amide bonds. The topological polar surface area (TPSA) is 91.5 Å². The van der Waals surface area contributed by atoms with E-state index in [0.717, 1.165) is 25.0 Å². The van der Waals surface area contributed by atoms with Crippen molar-refractivity contribution in [3.05, 3.63) is 17.8 Å². The van der Waals surface area contributed by atoms with E-state index in [1.165, 1.54) is 0 Å². The van der Waals surface area contributed by atoms with Gasteiger partial charge in [0.2, 0.25) is 11.8 Å². The van der Waals surface area contributed by atoms with Gasteiger partial charge >= 0.3 is 0 Å². The first-order valence-corrected chi connectivity index (χ1v) is 8.57. The maximum atomic E-state index is 11.6. The van der Waals surface area contributed by atoms with Crippen molar-refractivity contribution in [1.29, 1.82) is 0 Å². The van der Waals surface area contributed by atoms with Gasteiger partial charge in [-0.25, -0.2) is 4.98 Å². The van der Waals surface area contributed by atoms with Crippen LogP contribution in [0.1, 0.15) is 58.1 Å². The Kier molecular flexibility index (Phi) is 6.23. The predicted octanol–water partition coefficient (Wildman–Crippen LogP) is 1.70. The summed E-state index contributed by atoms with van der Waals surface area (Å²) in [5, 5.41) is 9.34. The number of hydrogen-bond acceptors (Lipinski definition) is 4. The van der Waals surface area contributed by atoms with Crippen molar-refractivity contribution in [1.82, 2.24) is 20.9 Å². The second-order valence-electron chi connectivity index (χ2n) is 7.17. The molecule has 134 valence electrons. The molecule has 1 aliphatic carbocycles. The molecule has 0 bridgehead atoms. The molecular weight excluding hydrogens is 306 g/mol. The predicted molar refractivity (Wildman–Crippen MR) is 93.8 cm³/mol. The number of nitrogens with one attached hydrogen (secondary N) is 3. The Morgan fingerprint density at radius 2 is 2.12 bits per heavy atom. The Bertz CT molecular complexity index is 570. The van der Waals surface area contributed by atoms with Gasteiger partial charge in [0, 0.05) is 31.5 Å². The SMILES string of the molecule is CN=C(NCCCC(=O)NC1CC1)NCc1ncc(C(C)(C)C)o1. The van der Waals surface area contributed by atoms with Crippen molar-refractivity contribution in [2.24, 2.45) is 4.99 Å². The van der Waals surface area contributed by atoms with Crippen LogP contribution in [0.25, 0.3) is 0 Å². The molecule has 1 aromatic heterocycles. The summed E-state index contributed by atoms with van der Waals surface area (Å²) in [6, 6.07) is 0.429. The summed E-state index contributed by atoms with van der Waals surface area (Å²) in [6.07, 6.45) is 5.32. The molecule has 7 heteroatoms. The van der Waals surface area contributed by atoms with Crippen LogP contribution in [0.2, 0.25) is 0 Å². The number of aliphatic imine (C=N–C) groups is 1. The summed E-state index contributed by atoms with van der Waals surface area (Å²) < 4.78 is 5.73. The average molecular weight is 335 g/mol. The number of guanidine groups is 1. The Morgan fingerprint density at radius 3 is 2.71 bits per heavy atom. The first kappa shape index (κ1) is 18.3. The summed E-state index contributed by atoms with van der Waals surface area (Å²) in [7, 11) is 1.71. The fourth-order valence-electron chi connectivity index (χ4n) is 2.10. The lowest BCUT2D eigenvalue weighted by molar-refractivity contribution is -0.121. The number of hydrogen-bond donors (Lipinski definition) is 3. The Hall–Kier alpha value is -2.05. The molecule has 0 saturated heterocycles. The number of nitrogens with zero attached hydrogens (tertiary/aromatic N) is 2. The van der Waals surface area contributed by atoms with E-state index in [9.17, 15) is 4.79 Å². The molecule has 1 aliphatic rings. The molecule has 1 aromatic rings. The summed E-state index contributed by atoms with van der Waals surface area (Å²) in [5.74, 6) is 2.31. The van der Waals surface area contributed by atoms with E-state index in [1.54, 1.807) is 13.2 Å².